The third kappa shape index (κ3) is 4.68. The number of halogens is 1. The van der Waals surface area contributed by atoms with Crippen LogP contribution in [0.3, 0.4) is 0 Å². The van der Waals surface area contributed by atoms with E-state index in [1.165, 1.54) is 28.0 Å². The van der Waals surface area contributed by atoms with Gasteiger partial charge in [0.1, 0.15) is 33.3 Å². The van der Waals surface area contributed by atoms with Crippen LogP contribution in [0.25, 0.3) is 0 Å². The van der Waals surface area contributed by atoms with E-state index in [4.69, 9.17) is 9.47 Å². The van der Waals surface area contributed by atoms with E-state index >= 15 is 4.39 Å². The molecule has 3 heterocycles. The molecule has 5 rings (SSSR count). The molecule has 3 aliphatic rings. The first-order valence-corrected chi connectivity index (χ1v) is 12.8. The summed E-state index contributed by atoms with van der Waals surface area (Å²) < 4.78 is 25.9. The molecule has 0 saturated carbocycles. The number of hydrogen-bond donors (Lipinski definition) is 5. The van der Waals surface area contributed by atoms with Crippen molar-refractivity contribution in [2.24, 2.45) is 0 Å². The minimum Gasteiger partial charge on any atom is -0.435 e. The minimum absolute atomic E-state index is 0.0517. The van der Waals surface area contributed by atoms with Crippen LogP contribution >= 0.6 is 0 Å². The Morgan fingerprint density at radius 1 is 1.07 bits per heavy atom. The Hall–Kier alpha value is -3.33. The Morgan fingerprint density at radius 3 is 2.42 bits per heavy atom. The van der Waals surface area contributed by atoms with Gasteiger partial charge in [-0.2, -0.15) is 0 Å². The lowest BCUT2D eigenvalue weighted by Gasteiger charge is -2.40. The predicted molar refractivity (Wildman–Crippen MR) is 139 cm³/mol. The third-order valence-corrected chi connectivity index (χ3v) is 7.62. The molecule has 2 saturated heterocycles. The third-order valence-electron chi connectivity index (χ3n) is 7.62. The Bertz CT molecular complexity index is 1380. The van der Waals surface area contributed by atoms with Gasteiger partial charge in [0.25, 0.3) is 11.8 Å². The largest absolute Gasteiger partial charge is 0.435 e. The maximum atomic E-state index is 15.2. The summed E-state index contributed by atoms with van der Waals surface area (Å²) in [6.07, 6.45) is 0.170. The smallest absolute Gasteiger partial charge is 0.354 e. The number of fused-ring (bicyclic) bond motifs is 1. The van der Waals surface area contributed by atoms with Crippen molar-refractivity contribution >= 4 is 33.4 Å². The van der Waals surface area contributed by atoms with E-state index in [9.17, 15) is 34.8 Å². The van der Waals surface area contributed by atoms with Crippen LogP contribution in [-0.2, 0) is 31.5 Å². The second kappa shape index (κ2) is 9.94. The molecule has 3 amide bonds. The molecule has 40 heavy (non-hydrogen) atoms. The molecule has 0 spiro atoms. The number of imide groups is 1. The van der Waals surface area contributed by atoms with E-state index in [0.29, 0.717) is 0 Å². The summed E-state index contributed by atoms with van der Waals surface area (Å²) in [5, 5.41) is 44.0. The van der Waals surface area contributed by atoms with Gasteiger partial charge in [0.2, 0.25) is 11.8 Å². The van der Waals surface area contributed by atoms with Gasteiger partial charge < -0.3 is 34.8 Å². The van der Waals surface area contributed by atoms with E-state index in [1.807, 2.05) is 0 Å². The molecule has 210 valence electrons. The zero-order valence-electron chi connectivity index (χ0n) is 21.9. The van der Waals surface area contributed by atoms with Crippen molar-refractivity contribution in [3.05, 3.63) is 64.5 Å². The lowest BCUT2D eigenvalue weighted by molar-refractivity contribution is -0.306. The second-order valence-corrected chi connectivity index (χ2v) is 10.5. The van der Waals surface area contributed by atoms with E-state index in [-0.39, 0.29) is 61.6 Å². The SMILES string of the molecule is BC1(B)c2c(OC(O)(O)c3ccc(C(O)(O)N4CCOCC4)cc3F)cccc2C(=O)N1C1CCC(=O)NC1=O. The van der Waals surface area contributed by atoms with Crippen molar-refractivity contribution in [2.75, 3.05) is 26.3 Å². The number of hydrogen-bond acceptors (Lipinski definition) is 10. The van der Waals surface area contributed by atoms with E-state index in [2.05, 4.69) is 5.32 Å². The van der Waals surface area contributed by atoms with Crippen molar-refractivity contribution in [3.63, 3.8) is 0 Å². The van der Waals surface area contributed by atoms with Crippen LogP contribution in [0, 0.1) is 5.82 Å². The van der Waals surface area contributed by atoms with E-state index in [1.54, 1.807) is 15.7 Å². The van der Waals surface area contributed by atoms with Crippen molar-refractivity contribution < 1.29 is 48.7 Å². The summed E-state index contributed by atoms with van der Waals surface area (Å²) in [7, 11) is 3.29. The van der Waals surface area contributed by atoms with Gasteiger partial charge >= 0.3 is 5.97 Å². The monoisotopic (exact) mass is 555 g/mol. The lowest BCUT2D eigenvalue weighted by Crippen LogP contribution is -2.59. The number of rotatable bonds is 6. The predicted octanol–water partition coefficient (Wildman–Crippen LogP) is -2.94. The highest BCUT2D eigenvalue weighted by Gasteiger charge is 2.51. The van der Waals surface area contributed by atoms with Crippen molar-refractivity contribution in [2.45, 2.75) is 36.1 Å². The average molecular weight is 555 g/mol. The van der Waals surface area contributed by atoms with Crippen molar-refractivity contribution in [3.8, 4) is 5.75 Å². The fraction of sp³-hybridized carbons (Fsp3) is 0.400. The molecule has 0 bridgehead atoms. The fourth-order valence-corrected chi connectivity index (χ4v) is 5.64. The lowest BCUT2D eigenvalue weighted by atomic mass is 9.57. The van der Waals surface area contributed by atoms with Gasteiger partial charge in [-0.05, 0) is 30.7 Å². The highest BCUT2D eigenvalue weighted by molar-refractivity contribution is 6.43. The van der Waals surface area contributed by atoms with Crippen LogP contribution in [0.2, 0.25) is 0 Å². The molecule has 0 radical (unpaired) electrons. The van der Waals surface area contributed by atoms with Gasteiger partial charge in [-0.15, -0.1) is 0 Å². The van der Waals surface area contributed by atoms with E-state index in [0.717, 1.165) is 18.2 Å². The average Bonchev–Trinajstić information content (AvgIpc) is 3.10. The highest BCUT2D eigenvalue weighted by Crippen LogP contribution is 2.44. The maximum absolute atomic E-state index is 15.2. The topological polar surface area (TPSA) is 169 Å². The molecule has 0 aromatic heterocycles. The van der Waals surface area contributed by atoms with Crippen molar-refractivity contribution in [1.82, 2.24) is 15.1 Å². The number of benzene rings is 2. The maximum Gasteiger partial charge on any atom is 0.354 e. The first-order valence-electron chi connectivity index (χ1n) is 12.8. The van der Waals surface area contributed by atoms with Crippen LogP contribution in [0.4, 0.5) is 4.39 Å². The van der Waals surface area contributed by atoms with Gasteiger partial charge in [0.15, 0.2) is 0 Å². The summed E-state index contributed by atoms with van der Waals surface area (Å²) in [4.78, 5) is 40.2. The summed E-state index contributed by atoms with van der Waals surface area (Å²) in [5.74, 6) is -8.65. The van der Waals surface area contributed by atoms with Crippen LogP contribution in [0.1, 0.15) is 39.9 Å². The number of morpholine rings is 1. The zero-order chi connectivity index (χ0) is 29.0. The molecule has 2 aromatic carbocycles. The molecule has 1 unspecified atom stereocenters. The van der Waals surface area contributed by atoms with Gasteiger partial charge in [-0.25, -0.2) is 9.29 Å². The number of amides is 3. The molecule has 1 atom stereocenters. The molecular formula is C25H28B2FN3O9. The quantitative estimate of drug-likeness (QED) is 0.141. The number of aliphatic hydroxyl groups is 4. The molecule has 2 fully saturated rings. The highest BCUT2D eigenvalue weighted by atomic mass is 19.1. The molecule has 5 N–H and O–H groups in total. The van der Waals surface area contributed by atoms with Gasteiger partial charge in [-0.3, -0.25) is 19.7 Å². The molecule has 0 aliphatic carbocycles. The first-order chi connectivity index (χ1) is 18.7. The van der Waals surface area contributed by atoms with Gasteiger partial charge in [0, 0.05) is 41.5 Å². The summed E-state index contributed by atoms with van der Waals surface area (Å²) in [5.41, 5.74) is -0.560. The van der Waals surface area contributed by atoms with Gasteiger partial charge in [-0.1, -0.05) is 12.1 Å². The Morgan fingerprint density at radius 2 is 1.77 bits per heavy atom. The molecule has 12 nitrogen and oxygen atoms in total. The van der Waals surface area contributed by atoms with Crippen molar-refractivity contribution in [1.29, 1.82) is 0 Å². The van der Waals surface area contributed by atoms with Crippen LogP contribution in [0.15, 0.2) is 36.4 Å². The van der Waals surface area contributed by atoms with Crippen LogP contribution in [-0.4, -0.2) is 96.0 Å². The number of piperidine rings is 1. The van der Waals surface area contributed by atoms with Crippen LogP contribution < -0.4 is 10.1 Å². The van der Waals surface area contributed by atoms with Gasteiger partial charge in [0.05, 0.1) is 18.8 Å². The Balaban J connectivity index is 1.44. The number of ether oxygens (including phenoxy) is 2. The first kappa shape index (κ1) is 28.2. The summed E-state index contributed by atoms with van der Waals surface area (Å²) in [6.45, 7) is 0.892. The second-order valence-electron chi connectivity index (χ2n) is 10.5. The fourth-order valence-electron chi connectivity index (χ4n) is 5.64. The number of nitrogens with one attached hydrogen (secondary N) is 1. The number of nitrogens with zero attached hydrogens (tertiary/aromatic N) is 2. The van der Waals surface area contributed by atoms with E-state index < -0.39 is 52.4 Å². The summed E-state index contributed by atoms with van der Waals surface area (Å²) in [6, 6.07) is 6.23. The molecule has 2 aromatic rings. The standard InChI is InChI=1S/C25H28B2FN3O9/c26-23(27)20-14(22(34)31(23)17-6-7-19(32)29-21(17)33)2-1-3-18(20)40-25(37,38)15-5-4-13(12-16(15)28)24(35,36)30-8-10-39-11-9-30/h1-5,12,17,35-38H,6-11,26-27H2,(H,29,32,33). The zero-order valence-corrected chi connectivity index (χ0v) is 21.9. The minimum atomic E-state index is -3.23. The molecular weight excluding hydrogens is 527 g/mol. The summed E-state index contributed by atoms with van der Waals surface area (Å²) >= 11 is 0. The number of carbonyl (C=O) groups is 3. The number of carbonyl (C=O) groups excluding carboxylic acids is 3. The van der Waals surface area contributed by atoms with Crippen LogP contribution in [0.5, 0.6) is 5.75 Å². The molecule has 15 heteroatoms. The Kier molecular flexibility index (Phi) is 7.01. The normalized spacial score (nSPS) is 21.8. The molecule has 3 aliphatic heterocycles. The Labute approximate surface area is 230 Å².